The Hall–Kier alpha value is -4.29. The van der Waals surface area contributed by atoms with E-state index in [1.165, 1.54) is 11.3 Å². The van der Waals surface area contributed by atoms with Crippen LogP contribution in [0.3, 0.4) is 0 Å². The Labute approximate surface area is 208 Å². The number of hydrogen-bond acceptors (Lipinski definition) is 6. The van der Waals surface area contributed by atoms with Gasteiger partial charge in [-0.3, -0.25) is 9.78 Å². The fourth-order valence-corrected chi connectivity index (χ4v) is 4.59. The molecule has 3 aromatic carbocycles. The van der Waals surface area contributed by atoms with Gasteiger partial charge in [-0.1, -0.05) is 72.8 Å². The van der Waals surface area contributed by atoms with Gasteiger partial charge in [0.15, 0.2) is 5.13 Å². The number of nitrogens with zero attached hydrogens (tertiary/aromatic N) is 2. The van der Waals surface area contributed by atoms with Crippen molar-refractivity contribution in [1.82, 2.24) is 9.97 Å². The van der Waals surface area contributed by atoms with Crippen molar-refractivity contribution in [2.45, 2.75) is 12.3 Å². The molecule has 0 aliphatic carbocycles. The fraction of sp³-hybridized carbons (Fsp3) is 0.0690. The fourth-order valence-electron chi connectivity index (χ4n) is 3.86. The number of nitrogens with one attached hydrogen (secondary N) is 1. The first-order chi connectivity index (χ1) is 17.2. The first-order valence-electron chi connectivity index (χ1n) is 11.3. The molecule has 1 N–H and O–H groups in total. The zero-order chi connectivity index (χ0) is 23.9. The lowest BCUT2D eigenvalue weighted by Crippen LogP contribution is -2.14. The van der Waals surface area contributed by atoms with E-state index in [1.54, 1.807) is 18.3 Å². The summed E-state index contributed by atoms with van der Waals surface area (Å²) in [5.74, 6) is 0.125. The van der Waals surface area contributed by atoms with Crippen LogP contribution in [0.4, 0.5) is 10.8 Å². The van der Waals surface area contributed by atoms with Crippen LogP contribution in [-0.4, -0.2) is 15.9 Å². The van der Waals surface area contributed by atoms with Gasteiger partial charge in [0.05, 0.1) is 12.1 Å². The molecular formula is C29H23N3O2S. The summed E-state index contributed by atoms with van der Waals surface area (Å²) in [6, 6.07) is 33.2. The third kappa shape index (κ3) is 5.80. The Morgan fingerprint density at radius 1 is 0.829 bits per heavy atom. The molecule has 35 heavy (non-hydrogen) atoms. The molecule has 0 saturated carbocycles. The Morgan fingerprint density at radius 2 is 1.54 bits per heavy atom. The summed E-state index contributed by atoms with van der Waals surface area (Å²) in [6.45, 7) is 0. The number of anilines is 2. The van der Waals surface area contributed by atoms with Crippen LogP contribution < -0.4 is 10.1 Å². The van der Waals surface area contributed by atoms with Crippen LogP contribution in [-0.2, 0) is 4.79 Å². The first kappa shape index (κ1) is 22.5. The van der Waals surface area contributed by atoms with Gasteiger partial charge >= 0.3 is 5.97 Å². The summed E-state index contributed by atoms with van der Waals surface area (Å²) in [5, 5.41) is 5.99. The summed E-state index contributed by atoms with van der Waals surface area (Å²) in [6.07, 6.45) is 1.99. The summed E-state index contributed by atoms with van der Waals surface area (Å²) < 4.78 is 5.73. The highest BCUT2D eigenvalue weighted by molar-refractivity contribution is 7.14. The van der Waals surface area contributed by atoms with Crippen LogP contribution in [0.15, 0.2) is 115 Å². The zero-order valence-corrected chi connectivity index (χ0v) is 19.7. The van der Waals surface area contributed by atoms with Gasteiger partial charge in [0, 0.05) is 29.2 Å². The van der Waals surface area contributed by atoms with E-state index in [4.69, 9.17) is 4.74 Å². The van der Waals surface area contributed by atoms with E-state index in [2.05, 4.69) is 15.3 Å². The van der Waals surface area contributed by atoms with E-state index < -0.39 is 0 Å². The van der Waals surface area contributed by atoms with Crippen LogP contribution in [0, 0.1) is 0 Å². The molecule has 0 spiro atoms. The number of hydrogen-bond donors (Lipinski definition) is 1. The van der Waals surface area contributed by atoms with E-state index in [0.29, 0.717) is 5.75 Å². The van der Waals surface area contributed by atoms with Crippen molar-refractivity contribution in [3.63, 3.8) is 0 Å². The molecule has 0 aliphatic heterocycles. The van der Waals surface area contributed by atoms with Gasteiger partial charge in [0.25, 0.3) is 0 Å². The minimum atomic E-state index is -0.286. The van der Waals surface area contributed by atoms with Crippen molar-refractivity contribution < 1.29 is 9.53 Å². The maximum atomic E-state index is 12.9. The minimum absolute atomic E-state index is 0.0773. The predicted molar refractivity (Wildman–Crippen MR) is 140 cm³/mol. The number of pyridine rings is 1. The minimum Gasteiger partial charge on any atom is -0.426 e. The monoisotopic (exact) mass is 477 g/mol. The van der Waals surface area contributed by atoms with Gasteiger partial charge in [0.2, 0.25) is 0 Å². The van der Waals surface area contributed by atoms with Gasteiger partial charge in [-0.2, -0.15) is 0 Å². The number of ether oxygens (including phenoxy) is 1. The molecule has 0 radical (unpaired) electrons. The number of carbonyl (C=O) groups is 1. The van der Waals surface area contributed by atoms with Crippen molar-refractivity contribution in [3.05, 3.63) is 126 Å². The number of esters is 1. The van der Waals surface area contributed by atoms with Crippen molar-refractivity contribution in [2.24, 2.45) is 0 Å². The van der Waals surface area contributed by atoms with Gasteiger partial charge in [-0.25, -0.2) is 4.98 Å². The van der Waals surface area contributed by atoms with Crippen LogP contribution in [0.25, 0.3) is 11.4 Å². The van der Waals surface area contributed by atoms with Gasteiger partial charge in [0.1, 0.15) is 11.4 Å². The Kier molecular flexibility index (Phi) is 6.92. The molecule has 0 aliphatic rings. The number of rotatable bonds is 8. The Balaban J connectivity index is 1.27. The molecule has 0 amide bonds. The van der Waals surface area contributed by atoms with Crippen molar-refractivity contribution in [1.29, 1.82) is 0 Å². The number of aromatic nitrogens is 2. The molecule has 0 fully saturated rings. The highest BCUT2D eigenvalue weighted by Crippen LogP contribution is 2.30. The first-order valence-corrected chi connectivity index (χ1v) is 12.2. The molecule has 0 bridgehead atoms. The largest absolute Gasteiger partial charge is 0.426 e. The molecule has 172 valence electrons. The number of thiazole rings is 1. The van der Waals surface area contributed by atoms with E-state index in [-0.39, 0.29) is 18.3 Å². The molecule has 6 heteroatoms. The van der Waals surface area contributed by atoms with Crippen molar-refractivity contribution in [2.75, 3.05) is 5.32 Å². The lowest BCUT2D eigenvalue weighted by molar-refractivity contribution is -0.134. The lowest BCUT2D eigenvalue weighted by atomic mass is 9.89. The third-order valence-corrected chi connectivity index (χ3v) is 6.28. The van der Waals surface area contributed by atoms with Gasteiger partial charge < -0.3 is 10.1 Å². The molecule has 0 saturated heterocycles. The molecule has 0 unspecified atom stereocenters. The van der Waals surface area contributed by atoms with Crippen LogP contribution in [0.1, 0.15) is 23.5 Å². The van der Waals surface area contributed by atoms with Crippen LogP contribution in [0.2, 0.25) is 0 Å². The normalized spacial score (nSPS) is 10.8. The van der Waals surface area contributed by atoms with E-state index >= 15 is 0 Å². The van der Waals surface area contributed by atoms with Gasteiger partial charge in [-0.05, 0) is 35.4 Å². The second kappa shape index (κ2) is 10.8. The summed E-state index contributed by atoms with van der Waals surface area (Å²) >= 11 is 1.49. The second-order valence-electron chi connectivity index (χ2n) is 7.96. The standard InChI is InChI=1S/C29H23N3O2S/c33-28(19-25(21-10-3-1-4-11-21)22-12-5-2-6-13-22)34-24-15-9-14-23(18-24)31-29-32-27(20-35-29)26-16-7-8-17-30-26/h1-18,20,25H,19H2,(H,31,32). The van der Waals surface area contributed by atoms with Crippen molar-refractivity contribution in [3.8, 4) is 17.1 Å². The molecule has 5 aromatic rings. The smallest absolute Gasteiger partial charge is 0.312 e. The highest BCUT2D eigenvalue weighted by atomic mass is 32.1. The molecule has 2 heterocycles. The van der Waals surface area contributed by atoms with Crippen LogP contribution in [0.5, 0.6) is 5.75 Å². The zero-order valence-electron chi connectivity index (χ0n) is 18.9. The average Bonchev–Trinajstić information content (AvgIpc) is 3.37. The number of benzene rings is 3. The van der Waals surface area contributed by atoms with Crippen LogP contribution >= 0.6 is 11.3 Å². The second-order valence-corrected chi connectivity index (χ2v) is 8.82. The molecule has 2 aromatic heterocycles. The van der Waals surface area contributed by atoms with E-state index in [9.17, 15) is 4.79 Å². The topological polar surface area (TPSA) is 64.1 Å². The lowest BCUT2D eigenvalue weighted by Gasteiger charge is -2.17. The average molecular weight is 478 g/mol. The quantitative estimate of drug-likeness (QED) is 0.191. The maximum absolute atomic E-state index is 12.9. The van der Waals surface area contributed by atoms with Gasteiger partial charge in [-0.15, -0.1) is 11.3 Å². The third-order valence-electron chi connectivity index (χ3n) is 5.52. The molecule has 5 rings (SSSR count). The number of carbonyl (C=O) groups excluding carboxylic acids is 1. The summed E-state index contributed by atoms with van der Waals surface area (Å²) in [4.78, 5) is 21.9. The predicted octanol–water partition coefficient (Wildman–Crippen LogP) is 7.08. The highest BCUT2D eigenvalue weighted by Gasteiger charge is 2.19. The summed E-state index contributed by atoms with van der Waals surface area (Å²) in [5.41, 5.74) is 4.59. The SMILES string of the molecule is O=C(CC(c1ccccc1)c1ccccc1)Oc1cccc(Nc2nc(-c3ccccn3)cs2)c1. The van der Waals surface area contributed by atoms with E-state index in [1.807, 2.05) is 96.4 Å². The Morgan fingerprint density at radius 3 is 2.23 bits per heavy atom. The Bertz CT molecular complexity index is 1350. The van der Waals surface area contributed by atoms with Crippen molar-refractivity contribution >= 4 is 28.1 Å². The molecular weight excluding hydrogens is 454 g/mol. The maximum Gasteiger partial charge on any atom is 0.312 e. The summed E-state index contributed by atoms with van der Waals surface area (Å²) in [7, 11) is 0. The van der Waals surface area contributed by atoms with E-state index in [0.717, 1.165) is 33.3 Å². The molecule has 0 atom stereocenters. The molecule has 5 nitrogen and oxygen atoms in total.